The van der Waals surface area contributed by atoms with Gasteiger partial charge in [0.15, 0.2) is 0 Å². The Labute approximate surface area is 130 Å². The van der Waals surface area contributed by atoms with Crippen LogP contribution in [0.25, 0.3) is 0 Å². The van der Waals surface area contributed by atoms with Crippen LogP contribution in [0.2, 0.25) is 0 Å². The molecule has 0 aromatic heterocycles. The molecule has 0 aromatic rings. The van der Waals surface area contributed by atoms with Crippen molar-refractivity contribution >= 4 is 5.91 Å². The van der Waals surface area contributed by atoms with E-state index in [0.717, 1.165) is 39.0 Å². The molecular formula is C15H34N4O2. The molecular weight excluding hydrogens is 268 g/mol. The molecule has 0 aromatic carbocycles. The molecule has 1 unspecified atom stereocenters. The molecule has 21 heavy (non-hydrogen) atoms. The monoisotopic (exact) mass is 302 g/mol. The molecule has 0 aliphatic rings. The van der Waals surface area contributed by atoms with Crippen molar-refractivity contribution in [1.29, 1.82) is 0 Å². The molecule has 0 radical (unpaired) electrons. The molecule has 6 heteroatoms. The molecule has 0 aliphatic carbocycles. The Kier molecular flexibility index (Phi) is 11.5. The summed E-state index contributed by atoms with van der Waals surface area (Å²) in [7, 11) is 9.80. The molecule has 6 nitrogen and oxygen atoms in total. The molecule has 0 fully saturated rings. The number of amides is 1. The smallest absolute Gasteiger partial charge is 0.239 e. The standard InChI is InChI=1S/C15H34N4O2/c1-17(2)9-6-11-19(12-7-10-18(3)4)15(20)14(16)8-13-21-5/h14H,6-13,16H2,1-5H3. The molecule has 0 heterocycles. The van der Waals surface area contributed by atoms with Crippen LogP contribution in [0.1, 0.15) is 19.3 Å². The first-order valence-electron chi connectivity index (χ1n) is 7.71. The highest BCUT2D eigenvalue weighted by Crippen LogP contribution is 2.02. The predicted octanol–water partition coefficient (Wildman–Crippen LogP) is 0.0822. The third kappa shape index (κ3) is 10.6. The summed E-state index contributed by atoms with van der Waals surface area (Å²) in [6, 6.07) is -0.455. The number of nitrogens with two attached hydrogens (primary N) is 1. The van der Waals surface area contributed by atoms with Gasteiger partial charge in [0.25, 0.3) is 0 Å². The summed E-state index contributed by atoms with van der Waals surface area (Å²) >= 11 is 0. The zero-order chi connectivity index (χ0) is 16.3. The van der Waals surface area contributed by atoms with Crippen LogP contribution in [0.15, 0.2) is 0 Å². The Morgan fingerprint density at radius 3 is 1.86 bits per heavy atom. The lowest BCUT2D eigenvalue weighted by molar-refractivity contribution is -0.133. The number of ether oxygens (including phenoxy) is 1. The van der Waals surface area contributed by atoms with E-state index in [-0.39, 0.29) is 5.91 Å². The van der Waals surface area contributed by atoms with E-state index in [0.29, 0.717) is 13.0 Å². The number of nitrogens with zero attached hydrogens (tertiary/aromatic N) is 3. The summed E-state index contributed by atoms with van der Waals surface area (Å²) in [5.41, 5.74) is 5.98. The lowest BCUT2D eigenvalue weighted by Gasteiger charge is -2.27. The average molecular weight is 302 g/mol. The van der Waals surface area contributed by atoms with Gasteiger partial charge in [-0.15, -0.1) is 0 Å². The zero-order valence-corrected chi connectivity index (χ0v) is 14.5. The summed E-state index contributed by atoms with van der Waals surface area (Å²) < 4.78 is 5.00. The van der Waals surface area contributed by atoms with Crippen LogP contribution in [0.4, 0.5) is 0 Å². The van der Waals surface area contributed by atoms with Crippen LogP contribution >= 0.6 is 0 Å². The van der Waals surface area contributed by atoms with Crippen LogP contribution in [0.5, 0.6) is 0 Å². The van der Waals surface area contributed by atoms with Gasteiger partial charge in [0, 0.05) is 26.8 Å². The lowest BCUT2D eigenvalue weighted by Crippen LogP contribution is -2.46. The Morgan fingerprint density at radius 2 is 1.48 bits per heavy atom. The van der Waals surface area contributed by atoms with Gasteiger partial charge in [-0.1, -0.05) is 0 Å². The summed E-state index contributed by atoms with van der Waals surface area (Å²) in [4.78, 5) is 18.6. The first-order chi connectivity index (χ1) is 9.88. The van der Waals surface area contributed by atoms with Crippen molar-refractivity contribution in [3.05, 3.63) is 0 Å². The minimum absolute atomic E-state index is 0.0459. The van der Waals surface area contributed by atoms with E-state index in [1.807, 2.05) is 33.1 Å². The van der Waals surface area contributed by atoms with Gasteiger partial charge in [0.05, 0.1) is 6.04 Å². The summed E-state index contributed by atoms with van der Waals surface area (Å²) in [6.45, 7) is 4.02. The highest BCUT2D eigenvalue weighted by Gasteiger charge is 2.20. The van der Waals surface area contributed by atoms with Gasteiger partial charge < -0.3 is 25.2 Å². The number of hydrogen-bond donors (Lipinski definition) is 1. The average Bonchev–Trinajstić information content (AvgIpc) is 2.41. The van der Waals surface area contributed by atoms with Gasteiger partial charge in [0.2, 0.25) is 5.91 Å². The quantitative estimate of drug-likeness (QED) is 0.553. The van der Waals surface area contributed by atoms with E-state index >= 15 is 0 Å². The first-order valence-corrected chi connectivity index (χ1v) is 7.71. The van der Waals surface area contributed by atoms with Crippen molar-refractivity contribution < 1.29 is 9.53 Å². The van der Waals surface area contributed by atoms with Crippen molar-refractivity contribution in [3.8, 4) is 0 Å². The second-order valence-corrected chi connectivity index (χ2v) is 6.03. The Balaban J connectivity index is 4.35. The second kappa shape index (κ2) is 11.9. The van der Waals surface area contributed by atoms with Crippen LogP contribution in [-0.2, 0) is 9.53 Å². The van der Waals surface area contributed by atoms with Crippen molar-refractivity contribution in [2.75, 3.05) is 68.1 Å². The minimum Gasteiger partial charge on any atom is -0.385 e. The van der Waals surface area contributed by atoms with Crippen LogP contribution in [0, 0.1) is 0 Å². The largest absolute Gasteiger partial charge is 0.385 e. The maximum atomic E-state index is 12.4. The molecule has 0 bridgehead atoms. The Bertz CT molecular complexity index is 258. The van der Waals surface area contributed by atoms with E-state index in [4.69, 9.17) is 10.5 Å². The van der Waals surface area contributed by atoms with E-state index in [2.05, 4.69) is 9.80 Å². The maximum absolute atomic E-state index is 12.4. The fourth-order valence-electron chi connectivity index (χ4n) is 2.09. The van der Waals surface area contributed by atoms with E-state index in [9.17, 15) is 4.79 Å². The molecule has 0 rings (SSSR count). The fraction of sp³-hybridized carbons (Fsp3) is 0.933. The molecule has 126 valence electrons. The van der Waals surface area contributed by atoms with Gasteiger partial charge in [-0.3, -0.25) is 4.79 Å². The number of methoxy groups -OCH3 is 1. The molecule has 0 saturated heterocycles. The first kappa shape index (κ1) is 20.3. The van der Waals surface area contributed by atoms with Crippen LogP contribution < -0.4 is 5.73 Å². The van der Waals surface area contributed by atoms with E-state index < -0.39 is 6.04 Å². The zero-order valence-electron chi connectivity index (χ0n) is 14.5. The molecule has 1 atom stereocenters. The third-order valence-corrected chi connectivity index (χ3v) is 3.33. The van der Waals surface area contributed by atoms with Crippen LogP contribution in [-0.4, -0.2) is 94.7 Å². The fourth-order valence-corrected chi connectivity index (χ4v) is 2.09. The Hall–Kier alpha value is -0.690. The Morgan fingerprint density at radius 1 is 1.00 bits per heavy atom. The van der Waals surface area contributed by atoms with Crippen molar-refractivity contribution in [2.45, 2.75) is 25.3 Å². The maximum Gasteiger partial charge on any atom is 0.239 e. The highest BCUT2D eigenvalue weighted by atomic mass is 16.5. The van der Waals surface area contributed by atoms with Gasteiger partial charge in [-0.05, 0) is 60.5 Å². The van der Waals surface area contributed by atoms with Crippen molar-refractivity contribution in [1.82, 2.24) is 14.7 Å². The van der Waals surface area contributed by atoms with Gasteiger partial charge in [-0.25, -0.2) is 0 Å². The SMILES string of the molecule is COCCC(N)C(=O)N(CCCN(C)C)CCCN(C)C. The highest BCUT2D eigenvalue weighted by molar-refractivity contribution is 5.81. The van der Waals surface area contributed by atoms with E-state index in [1.54, 1.807) is 7.11 Å². The molecule has 0 saturated carbocycles. The predicted molar refractivity (Wildman–Crippen MR) is 87.4 cm³/mol. The third-order valence-electron chi connectivity index (χ3n) is 3.33. The van der Waals surface area contributed by atoms with Gasteiger partial charge in [0.1, 0.15) is 0 Å². The summed E-state index contributed by atoms with van der Waals surface area (Å²) in [6.07, 6.45) is 2.52. The van der Waals surface area contributed by atoms with Crippen molar-refractivity contribution in [2.24, 2.45) is 5.73 Å². The number of rotatable bonds is 12. The number of carbonyl (C=O) groups is 1. The minimum atomic E-state index is -0.455. The topological polar surface area (TPSA) is 62.0 Å². The van der Waals surface area contributed by atoms with Gasteiger partial charge in [-0.2, -0.15) is 0 Å². The van der Waals surface area contributed by atoms with Gasteiger partial charge >= 0.3 is 0 Å². The summed E-state index contributed by atoms with van der Waals surface area (Å²) in [5.74, 6) is 0.0459. The van der Waals surface area contributed by atoms with E-state index in [1.165, 1.54) is 0 Å². The molecule has 0 aliphatic heterocycles. The molecule has 0 spiro atoms. The molecule has 1 amide bonds. The number of hydrogen-bond acceptors (Lipinski definition) is 5. The number of carbonyl (C=O) groups excluding carboxylic acids is 1. The summed E-state index contributed by atoms with van der Waals surface area (Å²) in [5, 5.41) is 0. The normalized spacial score (nSPS) is 13.0. The molecule has 2 N–H and O–H groups in total. The van der Waals surface area contributed by atoms with Crippen LogP contribution in [0.3, 0.4) is 0 Å². The second-order valence-electron chi connectivity index (χ2n) is 6.03. The van der Waals surface area contributed by atoms with Crippen molar-refractivity contribution in [3.63, 3.8) is 0 Å². The lowest BCUT2D eigenvalue weighted by atomic mass is 10.2.